The Balaban J connectivity index is 1.76. The van der Waals surface area contributed by atoms with Crippen LogP contribution < -0.4 is 14.8 Å². The Labute approximate surface area is 173 Å². The summed E-state index contributed by atoms with van der Waals surface area (Å²) in [6, 6.07) is 13.1. The van der Waals surface area contributed by atoms with Crippen LogP contribution in [0, 0.1) is 0 Å². The third-order valence-corrected chi connectivity index (χ3v) is 5.17. The van der Waals surface area contributed by atoms with Crippen LogP contribution in [-0.2, 0) is 4.79 Å². The average molecular weight is 410 g/mol. The van der Waals surface area contributed by atoms with Crippen molar-refractivity contribution in [3.8, 4) is 17.2 Å². The quantitative estimate of drug-likeness (QED) is 0.605. The van der Waals surface area contributed by atoms with Gasteiger partial charge in [0, 0.05) is 17.9 Å². The molecule has 6 nitrogen and oxygen atoms in total. The highest BCUT2D eigenvalue weighted by molar-refractivity contribution is 6.32. The molecule has 1 atom stereocenters. The zero-order valence-electron chi connectivity index (χ0n) is 15.9. The number of hydrogen-bond donors (Lipinski definition) is 1. The van der Waals surface area contributed by atoms with Crippen molar-refractivity contribution >= 4 is 23.3 Å². The number of carbonyl (C=O) groups excluding carboxylic acids is 1. The molecule has 0 saturated carbocycles. The topological polar surface area (TPSA) is 65.4 Å². The first-order chi connectivity index (χ1) is 14.1. The van der Waals surface area contributed by atoms with Gasteiger partial charge in [-0.3, -0.25) is 4.79 Å². The fourth-order valence-corrected chi connectivity index (χ4v) is 3.71. The highest BCUT2D eigenvalue weighted by Crippen LogP contribution is 2.41. The molecule has 1 aliphatic rings. The van der Waals surface area contributed by atoms with Gasteiger partial charge in [0.05, 0.1) is 24.0 Å². The molecule has 1 amide bonds. The first kappa shape index (κ1) is 19.1. The molecular formula is C22H20ClN3O3. The summed E-state index contributed by atoms with van der Waals surface area (Å²) in [7, 11) is 1.59. The highest BCUT2D eigenvalue weighted by atomic mass is 35.5. The van der Waals surface area contributed by atoms with E-state index in [9.17, 15) is 4.79 Å². The Hall–Kier alpha value is -3.25. The van der Waals surface area contributed by atoms with Crippen LogP contribution in [0.4, 0.5) is 5.82 Å². The van der Waals surface area contributed by atoms with Gasteiger partial charge in [-0.1, -0.05) is 42.5 Å². The molecule has 4 rings (SSSR count). The van der Waals surface area contributed by atoms with Gasteiger partial charge in [0.15, 0.2) is 11.5 Å². The molecule has 0 saturated heterocycles. The van der Waals surface area contributed by atoms with E-state index in [0.29, 0.717) is 41.1 Å². The number of aromatic nitrogens is 2. The summed E-state index contributed by atoms with van der Waals surface area (Å²) in [6.07, 6.45) is 3.77. The number of rotatable bonds is 6. The lowest BCUT2D eigenvalue weighted by molar-refractivity contribution is -0.116. The molecule has 29 heavy (non-hydrogen) atoms. The number of fused-ring (bicyclic) bond motifs is 1. The fraction of sp³-hybridized carbons (Fsp3) is 0.182. The number of nitrogens with zero attached hydrogens (tertiary/aromatic N) is 2. The van der Waals surface area contributed by atoms with Crippen molar-refractivity contribution in [2.24, 2.45) is 0 Å². The van der Waals surface area contributed by atoms with E-state index in [1.54, 1.807) is 30.1 Å². The largest absolute Gasteiger partial charge is 0.493 e. The second-order valence-electron chi connectivity index (χ2n) is 6.63. The van der Waals surface area contributed by atoms with E-state index in [-0.39, 0.29) is 11.8 Å². The van der Waals surface area contributed by atoms with E-state index in [1.165, 1.54) is 0 Å². The molecule has 1 N–H and O–H groups in total. The lowest BCUT2D eigenvalue weighted by Gasteiger charge is -2.24. The molecule has 0 radical (unpaired) electrons. The van der Waals surface area contributed by atoms with Crippen LogP contribution in [0.5, 0.6) is 11.5 Å². The van der Waals surface area contributed by atoms with Crippen molar-refractivity contribution in [3.05, 3.63) is 77.5 Å². The van der Waals surface area contributed by atoms with Crippen molar-refractivity contribution in [2.75, 3.05) is 19.0 Å². The van der Waals surface area contributed by atoms with Gasteiger partial charge in [-0.15, -0.1) is 0 Å². The Kier molecular flexibility index (Phi) is 5.27. The van der Waals surface area contributed by atoms with Gasteiger partial charge in [0.2, 0.25) is 5.91 Å². The molecule has 0 spiro atoms. The molecule has 0 bridgehead atoms. The monoisotopic (exact) mass is 409 g/mol. The fourth-order valence-electron chi connectivity index (χ4n) is 3.49. The van der Waals surface area contributed by atoms with Gasteiger partial charge in [-0.2, -0.15) is 5.10 Å². The molecule has 148 valence electrons. The number of amides is 1. The third kappa shape index (κ3) is 3.59. The van der Waals surface area contributed by atoms with Crippen molar-refractivity contribution in [1.82, 2.24) is 9.78 Å². The van der Waals surface area contributed by atoms with Crippen LogP contribution in [0.2, 0.25) is 5.02 Å². The maximum atomic E-state index is 12.5. The zero-order valence-corrected chi connectivity index (χ0v) is 16.6. The van der Waals surface area contributed by atoms with Gasteiger partial charge < -0.3 is 14.8 Å². The minimum absolute atomic E-state index is 0.0812. The number of benzene rings is 2. The molecular weight excluding hydrogens is 390 g/mol. The minimum atomic E-state index is -0.155. The van der Waals surface area contributed by atoms with E-state index < -0.39 is 0 Å². The minimum Gasteiger partial charge on any atom is -0.493 e. The number of anilines is 1. The van der Waals surface area contributed by atoms with E-state index in [4.69, 9.17) is 21.1 Å². The highest BCUT2D eigenvalue weighted by Gasteiger charge is 2.31. The van der Waals surface area contributed by atoms with Crippen LogP contribution >= 0.6 is 11.6 Å². The molecule has 2 aromatic carbocycles. The van der Waals surface area contributed by atoms with Gasteiger partial charge in [0.25, 0.3) is 0 Å². The predicted molar refractivity (Wildman–Crippen MR) is 112 cm³/mol. The molecule has 0 fully saturated rings. The molecule has 2 heterocycles. The van der Waals surface area contributed by atoms with Gasteiger partial charge in [-0.05, 0) is 29.8 Å². The normalized spacial score (nSPS) is 15.4. The van der Waals surface area contributed by atoms with E-state index in [1.807, 2.05) is 36.4 Å². The number of carbonyl (C=O) groups is 1. The second kappa shape index (κ2) is 8.01. The number of hydrogen-bond acceptors (Lipinski definition) is 4. The zero-order chi connectivity index (χ0) is 20.4. The Morgan fingerprint density at radius 1 is 1.31 bits per heavy atom. The van der Waals surface area contributed by atoms with Crippen LogP contribution in [0.3, 0.4) is 0 Å². The van der Waals surface area contributed by atoms with E-state index in [0.717, 1.165) is 11.1 Å². The van der Waals surface area contributed by atoms with Gasteiger partial charge in [-0.25, -0.2) is 4.68 Å². The summed E-state index contributed by atoms with van der Waals surface area (Å²) in [4.78, 5) is 12.5. The molecule has 1 aliphatic heterocycles. The standard InChI is InChI=1S/C22H20ClN3O3/c1-3-10-29-19-9-8-14(11-20(19)28-2)15-12-21(27)25-22-16(15)13-24-26(22)18-7-5-4-6-17(18)23/h3-9,11,13,15H,1,10,12H2,2H3,(H,25,27). The Morgan fingerprint density at radius 3 is 2.90 bits per heavy atom. The summed E-state index contributed by atoms with van der Waals surface area (Å²) < 4.78 is 12.8. The van der Waals surface area contributed by atoms with Crippen molar-refractivity contribution in [2.45, 2.75) is 12.3 Å². The molecule has 0 aliphatic carbocycles. The molecule has 3 aromatic rings. The summed E-state index contributed by atoms with van der Waals surface area (Å²) >= 11 is 6.34. The van der Waals surface area contributed by atoms with Gasteiger partial charge >= 0.3 is 0 Å². The van der Waals surface area contributed by atoms with Crippen LogP contribution in [0.15, 0.2) is 61.3 Å². The first-order valence-electron chi connectivity index (χ1n) is 9.16. The van der Waals surface area contributed by atoms with E-state index in [2.05, 4.69) is 17.0 Å². The number of halogens is 1. The van der Waals surface area contributed by atoms with Crippen LogP contribution in [0.1, 0.15) is 23.5 Å². The van der Waals surface area contributed by atoms with Gasteiger partial charge in [0.1, 0.15) is 12.4 Å². The van der Waals surface area contributed by atoms with Crippen molar-refractivity contribution in [3.63, 3.8) is 0 Å². The average Bonchev–Trinajstić information content (AvgIpc) is 3.15. The summed E-state index contributed by atoms with van der Waals surface area (Å²) in [5, 5.41) is 7.98. The smallest absolute Gasteiger partial charge is 0.226 e. The predicted octanol–water partition coefficient (Wildman–Crippen LogP) is 4.57. The SMILES string of the molecule is C=CCOc1ccc(C2CC(=O)Nc3c2cnn3-c2ccccc2Cl)cc1OC. The van der Waals surface area contributed by atoms with Crippen molar-refractivity contribution in [1.29, 1.82) is 0 Å². The lowest BCUT2D eigenvalue weighted by Crippen LogP contribution is -2.24. The maximum Gasteiger partial charge on any atom is 0.226 e. The second-order valence-corrected chi connectivity index (χ2v) is 7.03. The lowest BCUT2D eigenvalue weighted by atomic mass is 9.87. The number of nitrogens with one attached hydrogen (secondary N) is 1. The van der Waals surface area contributed by atoms with Crippen LogP contribution in [0.25, 0.3) is 5.69 Å². The number of ether oxygens (including phenoxy) is 2. The summed E-state index contributed by atoms with van der Waals surface area (Å²) in [6.45, 7) is 4.05. The van der Waals surface area contributed by atoms with E-state index >= 15 is 0 Å². The molecule has 1 unspecified atom stereocenters. The summed E-state index contributed by atoms with van der Waals surface area (Å²) in [5.74, 6) is 1.63. The molecule has 1 aromatic heterocycles. The Morgan fingerprint density at radius 2 is 2.14 bits per heavy atom. The van der Waals surface area contributed by atoms with Crippen LogP contribution in [-0.4, -0.2) is 29.4 Å². The molecule has 7 heteroatoms. The Bertz CT molecular complexity index is 1080. The first-order valence-corrected chi connectivity index (χ1v) is 9.54. The maximum absolute atomic E-state index is 12.5. The van der Waals surface area contributed by atoms with Crippen molar-refractivity contribution < 1.29 is 14.3 Å². The third-order valence-electron chi connectivity index (χ3n) is 4.85. The number of para-hydroxylation sites is 1. The summed E-state index contributed by atoms with van der Waals surface area (Å²) in [5.41, 5.74) is 2.58. The number of methoxy groups -OCH3 is 1.